The molecule has 0 saturated heterocycles. The average Bonchev–Trinajstić information content (AvgIpc) is 3.18. The van der Waals surface area contributed by atoms with Gasteiger partial charge < -0.3 is 5.32 Å². The molecule has 28 heavy (non-hydrogen) atoms. The van der Waals surface area contributed by atoms with Crippen molar-refractivity contribution in [2.45, 2.75) is 31.0 Å². The molecule has 0 spiro atoms. The van der Waals surface area contributed by atoms with E-state index in [0.717, 1.165) is 6.07 Å². The fraction of sp³-hybridized carbons (Fsp3) is 0.278. The summed E-state index contributed by atoms with van der Waals surface area (Å²) in [6.45, 7) is 0. The molecule has 3 heterocycles. The zero-order valence-corrected chi connectivity index (χ0v) is 14.5. The van der Waals surface area contributed by atoms with E-state index in [1.54, 1.807) is 35.4 Å². The number of carbonyl (C=O) groups is 1. The van der Waals surface area contributed by atoms with Gasteiger partial charge in [-0.05, 0) is 42.5 Å². The summed E-state index contributed by atoms with van der Waals surface area (Å²) in [6, 6.07) is 4.16. The number of hydrogen-bond donors (Lipinski definition) is 1. The number of alkyl halides is 3. The molecule has 3 aromatic heterocycles. The van der Waals surface area contributed by atoms with Crippen molar-refractivity contribution in [1.82, 2.24) is 29.8 Å². The smallest absolute Gasteiger partial charge is 0.347 e. The van der Waals surface area contributed by atoms with Gasteiger partial charge in [0.2, 0.25) is 5.82 Å². The summed E-state index contributed by atoms with van der Waals surface area (Å²) in [6.07, 6.45) is 4.14. The fourth-order valence-electron chi connectivity index (χ4n) is 3.11. The van der Waals surface area contributed by atoms with Gasteiger partial charge >= 0.3 is 6.18 Å². The Morgan fingerprint density at radius 2 is 1.93 bits per heavy atom. The third-order valence-electron chi connectivity index (χ3n) is 4.63. The molecule has 0 atom stereocenters. The van der Waals surface area contributed by atoms with Crippen LogP contribution in [-0.4, -0.2) is 36.5 Å². The molecule has 10 heteroatoms. The number of aromatic nitrogens is 5. The Morgan fingerprint density at radius 1 is 1.14 bits per heavy atom. The minimum atomic E-state index is -4.47. The molecular formula is C18H15F3N6O. The zero-order valence-electron chi connectivity index (χ0n) is 14.5. The third kappa shape index (κ3) is 3.71. The lowest BCUT2D eigenvalue weighted by Gasteiger charge is -2.36. The highest BCUT2D eigenvalue weighted by Gasteiger charge is 2.36. The predicted octanol–water partition coefficient (Wildman–Crippen LogP) is 2.75. The van der Waals surface area contributed by atoms with Gasteiger partial charge in [0, 0.05) is 30.8 Å². The van der Waals surface area contributed by atoms with Crippen molar-refractivity contribution in [3.8, 4) is 5.82 Å². The van der Waals surface area contributed by atoms with Crippen LogP contribution in [-0.2, 0) is 6.18 Å². The highest BCUT2D eigenvalue weighted by atomic mass is 19.4. The molecule has 0 aliphatic heterocycles. The van der Waals surface area contributed by atoms with Gasteiger partial charge in [0.1, 0.15) is 17.8 Å². The molecular weight excluding hydrogens is 373 g/mol. The highest BCUT2D eigenvalue weighted by Crippen LogP contribution is 2.38. The summed E-state index contributed by atoms with van der Waals surface area (Å²) in [5, 5.41) is 2.82. The normalized spacial score (nSPS) is 19.1. The van der Waals surface area contributed by atoms with Gasteiger partial charge in [-0.1, -0.05) is 0 Å². The first-order valence-corrected chi connectivity index (χ1v) is 8.55. The van der Waals surface area contributed by atoms with Gasteiger partial charge in [-0.15, -0.1) is 0 Å². The molecule has 1 aliphatic carbocycles. The second-order valence-electron chi connectivity index (χ2n) is 6.52. The Bertz CT molecular complexity index is 983. The number of carbonyl (C=O) groups excluding carboxylic acids is 1. The number of nitrogens with one attached hydrogen (secondary N) is 1. The quantitative estimate of drug-likeness (QED) is 0.743. The molecule has 1 N–H and O–H groups in total. The first kappa shape index (κ1) is 18.1. The van der Waals surface area contributed by atoms with Crippen LogP contribution in [0.2, 0.25) is 0 Å². The van der Waals surface area contributed by atoms with E-state index in [0.29, 0.717) is 24.2 Å². The van der Waals surface area contributed by atoms with Gasteiger partial charge in [0.15, 0.2) is 0 Å². The third-order valence-corrected chi connectivity index (χ3v) is 4.63. The number of pyridine rings is 1. The van der Waals surface area contributed by atoms with Gasteiger partial charge in [0.05, 0.1) is 0 Å². The van der Waals surface area contributed by atoms with Crippen molar-refractivity contribution in [2.24, 2.45) is 0 Å². The highest BCUT2D eigenvalue weighted by molar-refractivity contribution is 5.90. The molecule has 0 unspecified atom stereocenters. The van der Waals surface area contributed by atoms with Crippen molar-refractivity contribution in [2.75, 3.05) is 0 Å². The Morgan fingerprint density at radius 3 is 2.64 bits per heavy atom. The first-order valence-electron chi connectivity index (χ1n) is 8.55. The molecule has 1 saturated carbocycles. The first-order chi connectivity index (χ1) is 13.4. The summed E-state index contributed by atoms with van der Waals surface area (Å²) in [7, 11) is 0. The lowest BCUT2D eigenvalue weighted by Crippen LogP contribution is -2.44. The lowest BCUT2D eigenvalue weighted by molar-refractivity contribution is -0.141. The van der Waals surface area contributed by atoms with E-state index < -0.39 is 17.8 Å². The van der Waals surface area contributed by atoms with E-state index in [1.807, 2.05) is 0 Å². The molecule has 0 radical (unpaired) electrons. The van der Waals surface area contributed by atoms with Crippen LogP contribution in [0.15, 0.2) is 49.3 Å². The fourth-order valence-corrected chi connectivity index (χ4v) is 3.11. The van der Waals surface area contributed by atoms with Crippen LogP contribution in [0.3, 0.4) is 0 Å². The number of nitrogens with zero attached hydrogens (tertiary/aromatic N) is 5. The Balaban J connectivity index is 1.37. The van der Waals surface area contributed by atoms with Crippen LogP contribution in [0.25, 0.3) is 5.82 Å². The van der Waals surface area contributed by atoms with E-state index in [2.05, 4.69) is 25.3 Å². The number of amides is 1. The summed E-state index contributed by atoms with van der Waals surface area (Å²) >= 11 is 0. The second-order valence-corrected chi connectivity index (χ2v) is 6.52. The number of imidazole rings is 1. The molecule has 4 rings (SSSR count). The summed E-state index contributed by atoms with van der Waals surface area (Å²) in [5.74, 6) is 0.0715. The minimum Gasteiger partial charge on any atom is -0.347 e. The predicted molar refractivity (Wildman–Crippen MR) is 91.6 cm³/mol. The number of halogens is 3. The van der Waals surface area contributed by atoms with E-state index >= 15 is 0 Å². The maximum atomic E-state index is 12.8. The van der Waals surface area contributed by atoms with Crippen LogP contribution in [0.4, 0.5) is 13.2 Å². The van der Waals surface area contributed by atoms with Crippen LogP contribution in [0.5, 0.6) is 0 Å². The monoisotopic (exact) mass is 388 g/mol. The van der Waals surface area contributed by atoms with E-state index in [1.165, 1.54) is 12.4 Å². The van der Waals surface area contributed by atoms with Gasteiger partial charge in [-0.3, -0.25) is 14.3 Å². The number of rotatable bonds is 4. The van der Waals surface area contributed by atoms with Crippen molar-refractivity contribution in [3.05, 3.63) is 66.4 Å². The minimum absolute atomic E-state index is 0.0259. The maximum Gasteiger partial charge on any atom is 0.433 e. The van der Waals surface area contributed by atoms with Crippen molar-refractivity contribution in [3.63, 3.8) is 0 Å². The van der Waals surface area contributed by atoms with Crippen molar-refractivity contribution >= 4 is 5.91 Å². The van der Waals surface area contributed by atoms with E-state index in [9.17, 15) is 18.0 Å². The standard InChI is InChI=1S/C18H15F3N6O/c19-18(20,21)14-9-11(1-3-23-14)12-7-13(8-12)25-17(28)16-24-4-2-15(26-16)27-6-5-22-10-27/h1-6,9-10,12-13H,7-8H2,(H,25,28)/t12-,13+. The Kier molecular flexibility index (Phi) is 4.54. The van der Waals surface area contributed by atoms with Gasteiger partial charge in [-0.25, -0.2) is 15.0 Å². The molecule has 3 aromatic rings. The molecule has 144 valence electrons. The zero-order chi connectivity index (χ0) is 19.7. The van der Waals surface area contributed by atoms with Crippen LogP contribution in [0.1, 0.15) is 40.6 Å². The number of hydrogen-bond acceptors (Lipinski definition) is 5. The largest absolute Gasteiger partial charge is 0.433 e. The SMILES string of the molecule is O=C(N[C@H]1C[C@@H](c2ccnc(C(F)(F)F)c2)C1)c1nccc(-n2ccnc2)n1. The summed E-state index contributed by atoms with van der Waals surface area (Å²) in [5.41, 5.74) is -0.326. The second kappa shape index (κ2) is 7.02. The molecule has 1 aliphatic rings. The molecule has 1 amide bonds. The molecule has 1 fully saturated rings. The summed E-state index contributed by atoms with van der Waals surface area (Å²) in [4.78, 5) is 27.9. The van der Waals surface area contributed by atoms with E-state index in [4.69, 9.17) is 0 Å². The van der Waals surface area contributed by atoms with Crippen LogP contribution in [0, 0.1) is 0 Å². The Hall–Kier alpha value is -3.30. The molecule has 0 bridgehead atoms. The molecule has 0 aromatic carbocycles. The maximum absolute atomic E-state index is 12.8. The van der Waals surface area contributed by atoms with Crippen molar-refractivity contribution < 1.29 is 18.0 Å². The van der Waals surface area contributed by atoms with Gasteiger partial charge in [0.25, 0.3) is 5.91 Å². The topological polar surface area (TPSA) is 85.6 Å². The van der Waals surface area contributed by atoms with E-state index in [-0.39, 0.29) is 17.8 Å². The van der Waals surface area contributed by atoms with Crippen LogP contribution >= 0.6 is 0 Å². The van der Waals surface area contributed by atoms with Crippen LogP contribution < -0.4 is 5.32 Å². The molecule has 7 nitrogen and oxygen atoms in total. The summed E-state index contributed by atoms with van der Waals surface area (Å²) < 4.78 is 40.0. The van der Waals surface area contributed by atoms with Gasteiger partial charge in [-0.2, -0.15) is 13.2 Å². The lowest BCUT2D eigenvalue weighted by atomic mass is 9.76. The Labute approximate surface area is 157 Å². The van der Waals surface area contributed by atoms with Crippen molar-refractivity contribution in [1.29, 1.82) is 0 Å². The average molecular weight is 388 g/mol.